The molecule has 0 spiro atoms. The fraction of sp³-hybridized carbons (Fsp3) is 0.750. The van der Waals surface area contributed by atoms with Gasteiger partial charge in [-0.15, -0.1) is 0 Å². The molecule has 2 rings (SSSR count). The third-order valence-electron chi connectivity index (χ3n) is 3.30. The third kappa shape index (κ3) is 1.88. The summed E-state index contributed by atoms with van der Waals surface area (Å²) >= 11 is 0. The monoisotopic (exact) mass is 222 g/mol. The number of aryl methyl sites for hydroxylation is 2. The van der Waals surface area contributed by atoms with Gasteiger partial charge in [0, 0.05) is 19.6 Å². The standard InChI is InChI=1S/C12H22N4/c1-4-6-16-12(11(13)10(3)14-16)15-7-5-9(2)8-15/h9H,4-8,13H2,1-3H3. The molecule has 0 amide bonds. The second-order valence-corrected chi connectivity index (χ2v) is 4.89. The van der Waals surface area contributed by atoms with Crippen molar-refractivity contribution in [3.63, 3.8) is 0 Å². The van der Waals surface area contributed by atoms with Crippen molar-refractivity contribution in [2.45, 2.75) is 40.2 Å². The van der Waals surface area contributed by atoms with Crippen molar-refractivity contribution in [3.05, 3.63) is 5.69 Å². The van der Waals surface area contributed by atoms with Crippen molar-refractivity contribution in [2.75, 3.05) is 23.7 Å². The van der Waals surface area contributed by atoms with Gasteiger partial charge in [-0.05, 0) is 25.7 Å². The second kappa shape index (κ2) is 4.36. The zero-order valence-corrected chi connectivity index (χ0v) is 10.5. The minimum Gasteiger partial charge on any atom is -0.394 e. The van der Waals surface area contributed by atoms with Gasteiger partial charge in [-0.3, -0.25) is 0 Å². The highest BCUT2D eigenvalue weighted by Gasteiger charge is 2.25. The molecule has 2 heterocycles. The highest BCUT2D eigenvalue weighted by Crippen LogP contribution is 2.31. The summed E-state index contributed by atoms with van der Waals surface area (Å²) in [6.45, 7) is 9.63. The van der Waals surface area contributed by atoms with Crippen LogP contribution in [-0.2, 0) is 6.54 Å². The van der Waals surface area contributed by atoms with Gasteiger partial charge < -0.3 is 10.6 Å². The number of hydrogen-bond acceptors (Lipinski definition) is 3. The van der Waals surface area contributed by atoms with E-state index in [-0.39, 0.29) is 0 Å². The first kappa shape index (κ1) is 11.3. The average molecular weight is 222 g/mol. The lowest BCUT2D eigenvalue weighted by Gasteiger charge is -2.20. The van der Waals surface area contributed by atoms with Crippen LogP contribution in [0.1, 0.15) is 32.4 Å². The van der Waals surface area contributed by atoms with Crippen molar-refractivity contribution in [2.24, 2.45) is 5.92 Å². The molecule has 0 saturated carbocycles. The minimum atomic E-state index is 0.768. The molecule has 1 aliphatic heterocycles. The van der Waals surface area contributed by atoms with E-state index < -0.39 is 0 Å². The van der Waals surface area contributed by atoms with Crippen LogP contribution in [0.4, 0.5) is 11.5 Å². The Balaban J connectivity index is 2.30. The van der Waals surface area contributed by atoms with Crippen molar-refractivity contribution in [3.8, 4) is 0 Å². The molecule has 4 heteroatoms. The van der Waals surface area contributed by atoms with Crippen LogP contribution in [-0.4, -0.2) is 22.9 Å². The summed E-state index contributed by atoms with van der Waals surface area (Å²) in [7, 11) is 0. The van der Waals surface area contributed by atoms with Crippen LogP contribution < -0.4 is 10.6 Å². The zero-order valence-electron chi connectivity index (χ0n) is 10.5. The summed E-state index contributed by atoms with van der Waals surface area (Å²) in [4.78, 5) is 2.38. The molecule has 90 valence electrons. The number of aromatic nitrogens is 2. The van der Waals surface area contributed by atoms with Gasteiger partial charge >= 0.3 is 0 Å². The summed E-state index contributed by atoms with van der Waals surface area (Å²) in [5, 5.41) is 4.52. The minimum absolute atomic E-state index is 0.768. The van der Waals surface area contributed by atoms with Gasteiger partial charge in [0.15, 0.2) is 5.82 Å². The molecule has 1 fully saturated rings. The molecule has 1 aromatic heterocycles. The van der Waals surface area contributed by atoms with Crippen LogP contribution in [0, 0.1) is 12.8 Å². The Bertz CT molecular complexity index is 369. The quantitative estimate of drug-likeness (QED) is 0.851. The highest BCUT2D eigenvalue weighted by atomic mass is 15.4. The molecular weight excluding hydrogens is 200 g/mol. The normalized spacial score (nSPS) is 20.7. The molecule has 2 N–H and O–H groups in total. The smallest absolute Gasteiger partial charge is 0.150 e. The Labute approximate surface area is 97.4 Å². The molecular formula is C12H22N4. The number of nitrogen functional groups attached to an aromatic ring is 1. The van der Waals surface area contributed by atoms with Crippen molar-refractivity contribution in [1.82, 2.24) is 9.78 Å². The molecule has 1 saturated heterocycles. The molecule has 16 heavy (non-hydrogen) atoms. The van der Waals surface area contributed by atoms with E-state index in [1.165, 1.54) is 6.42 Å². The molecule has 1 unspecified atom stereocenters. The average Bonchev–Trinajstić information content (AvgIpc) is 2.74. The summed E-state index contributed by atoms with van der Waals surface area (Å²) in [6, 6.07) is 0. The number of anilines is 2. The van der Waals surface area contributed by atoms with Gasteiger partial charge in [0.2, 0.25) is 0 Å². The summed E-state index contributed by atoms with van der Waals surface area (Å²) < 4.78 is 2.07. The van der Waals surface area contributed by atoms with Gasteiger partial charge in [0.1, 0.15) is 0 Å². The van der Waals surface area contributed by atoms with Crippen LogP contribution >= 0.6 is 0 Å². The Morgan fingerprint density at radius 2 is 2.25 bits per heavy atom. The van der Waals surface area contributed by atoms with Gasteiger partial charge in [-0.1, -0.05) is 13.8 Å². The van der Waals surface area contributed by atoms with E-state index in [9.17, 15) is 0 Å². The summed E-state index contributed by atoms with van der Waals surface area (Å²) in [5.74, 6) is 1.91. The van der Waals surface area contributed by atoms with Crippen molar-refractivity contribution >= 4 is 11.5 Å². The molecule has 0 bridgehead atoms. The summed E-state index contributed by atoms with van der Waals surface area (Å²) in [5.41, 5.74) is 7.96. The number of rotatable bonds is 3. The largest absolute Gasteiger partial charge is 0.394 e. The SMILES string of the molecule is CCCn1nc(C)c(N)c1N1CCC(C)C1. The summed E-state index contributed by atoms with van der Waals surface area (Å²) in [6.07, 6.45) is 2.35. The van der Waals surface area contributed by atoms with Gasteiger partial charge in [0.25, 0.3) is 0 Å². The number of nitrogens with two attached hydrogens (primary N) is 1. The second-order valence-electron chi connectivity index (χ2n) is 4.89. The molecule has 0 aromatic carbocycles. The van der Waals surface area contributed by atoms with Gasteiger partial charge in [-0.2, -0.15) is 5.10 Å². The highest BCUT2D eigenvalue weighted by molar-refractivity contribution is 5.66. The molecule has 1 aliphatic rings. The topological polar surface area (TPSA) is 47.1 Å². The number of hydrogen-bond donors (Lipinski definition) is 1. The molecule has 1 atom stereocenters. The first-order valence-electron chi connectivity index (χ1n) is 6.21. The maximum Gasteiger partial charge on any atom is 0.150 e. The Morgan fingerprint density at radius 3 is 2.81 bits per heavy atom. The van der Waals surface area contributed by atoms with Gasteiger partial charge in [-0.25, -0.2) is 4.68 Å². The molecule has 0 radical (unpaired) electrons. The van der Waals surface area contributed by atoms with Crippen LogP contribution in [0.15, 0.2) is 0 Å². The lowest BCUT2D eigenvalue weighted by molar-refractivity contribution is 0.589. The van der Waals surface area contributed by atoms with E-state index in [2.05, 4.69) is 28.5 Å². The Hall–Kier alpha value is -1.19. The van der Waals surface area contributed by atoms with E-state index in [4.69, 9.17) is 5.73 Å². The fourth-order valence-corrected chi connectivity index (χ4v) is 2.41. The van der Waals surface area contributed by atoms with Gasteiger partial charge in [0.05, 0.1) is 11.4 Å². The van der Waals surface area contributed by atoms with E-state index in [0.29, 0.717) is 0 Å². The predicted molar refractivity (Wildman–Crippen MR) is 67.7 cm³/mol. The van der Waals surface area contributed by atoms with E-state index >= 15 is 0 Å². The maximum absolute atomic E-state index is 6.13. The molecule has 0 aliphatic carbocycles. The van der Waals surface area contributed by atoms with Crippen molar-refractivity contribution in [1.29, 1.82) is 0 Å². The fourth-order valence-electron chi connectivity index (χ4n) is 2.41. The third-order valence-corrected chi connectivity index (χ3v) is 3.30. The predicted octanol–water partition coefficient (Wildman–Crippen LogP) is 2.03. The van der Waals surface area contributed by atoms with E-state index in [0.717, 1.165) is 49.2 Å². The lowest BCUT2D eigenvalue weighted by Crippen LogP contribution is -2.23. The number of nitrogens with zero attached hydrogens (tertiary/aromatic N) is 3. The zero-order chi connectivity index (χ0) is 11.7. The Kier molecular flexibility index (Phi) is 3.08. The molecule has 1 aromatic rings. The van der Waals surface area contributed by atoms with Crippen LogP contribution in [0.5, 0.6) is 0 Å². The Morgan fingerprint density at radius 1 is 1.50 bits per heavy atom. The van der Waals surface area contributed by atoms with E-state index in [1.807, 2.05) is 6.92 Å². The molecule has 4 nitrogen and oxygen atoms in total. The van der Waals surface area contributed by atoms with Crippen LogP contribution in [0.25, 0.3) is 0 Å². The van der Waals surface area contributed by atoms with E-state index in [1.54, 1.807) is 0 Å². The first-order valence-corrected chi connectivity index (χ1v) is 6.21. The lowest BCUT2D eigenvalue weighted by atomic mass is 10.2. The van der Waals surface area contributed by atoms with Crippen molar-refractivity contribution < 1.29 is 0 Å². The first-order chi connectivity index (χ1) is 7.63. The van der Waals surface area contributed by atoms with Crippen LogP contribution in [0.2, 0.25) is 0 Å². The maximum atomic E-state index is 6.13. The van der Waals surface area contributed by atoms with Crippen LogP contribution in [0.3, 0.4) is 0 Å².